The second-order valence-corrected chi connectivity index (χ2v) is 6.22. The number of hydrogen-bond acceptors (Lipinski definition) is 1. The number of para-hydroxylation sites is 1. The maximum atomic E-state index is 4.48. The zero-order valence-electron chi connectivity index (χ0n) is 12.8. The quantitative estimate of drug-likeness (QED) is 0.247. The van der Waals surface area contributed by atoms with Crippen molar-refractivity contribution in [3.63, 3.8) is 0 Å². The Morgan fingerprint density at radius 1 is 0.944 bits per heavy atom. The van der Waals surface area contributed by atoms with Crippen molar-refractivity contribution in [2.45, 2.75) is 52.6 Å². The summed E-state index contributed by atoms with van der Waals surface area (Å²) in [6.45, 7) is 12.7. The maximum Gasteiger partial charge on any atom is 1.00 e. The van der Waals surface area contributed by atoms with Crippen molar-refractivity contribution in [3.05, 3.63) is 30.3 Å². The van der Waals surface area contributed by atoms with Gasteiger partial charge in [-0.25, -0.2) is 0 Å². The molecule has 1 aromatic rings. The first-order valence-corrected chi connectivity index (χ1v) is 6.03. The predicted molar refractivity (Wildman–Crippen MR) is 75.9 cm³/mol. The number of rotatable bonds is 2. The number of hydrogen-bond donors (Lipinski definition) is 0. The molecule has 0 fully saturated rings. The minimum Gasteiger partial charge on any atom is -0.491 e. The molecular formula is C15H23LiN2. The van der Waals surface area contributed by atoms with Crippen LogP contribution in [0.2, 0.25) is 0 Å². The molecule has 0 aliphatic rings. The van der Waals surface area contributed by atoms with E-state index >= 15 is 0 Å². The van der Waals surface area contributed by atoms with Crippen LogP contribution >= 0.6 is 0 Å². The molecule has 0 spiro atoms. The van der Waals surface area contributed by atoms with Crippen LogP contribution in [0.25, 0.3) is 0 Å². The zero-order valence-corrected chi connectivity index (χ0v) is 12.8. The third kappa shape index (κ3) is 5.75. The molecule has 0 heterocycles. The average Bonchev–Trinajstić information content (AvgIpc) is 2.15. The van der Waals surface area contributed by atoms with Gasteiger partial charge in [0.2, 0.25) is 0 Å². The molecule has 3 heteroatoms. The van der Waals surface area contributed by atoms with Gasteiger partial charge in [-0.05, 0) is 41.5 Å². The Bertz CT molecular complexity index is 372. The van der Waals surface area contributed by atoms with Crippen molar-refractivity contribution in [1.82, 2.24) is 0 Å². The van der Waals surface area contributed by atoms with E-state index in [0.717, 1.165) is 5.69 Å². The van der Waals surface area contributed by atoms with E-state index in [9.17, 15) is 0 Å². The van der Waals surface area contributed by atoms with Gasteiger partial charge in [0.15, 0.2) is 0 Å². The van der Waals surface area contributed by atoms with E-state index in [2.05, 4.69) is 69.9 Å². The van der Waals surface area contributed by atoms with E-state index in [0.29, 0.717) is 0 Å². The molecule has 2 nitrogen and oxygen atoms in total. The largest absolute Gasteiger partial charge is 1.00 e. The Morgan fingerprint density at radius 2 is 1.44 bits per heavy atom. The Kier molecular flexibility index (Phi) is 6.20. The molecule has 1 rings (SSSR count). The maximum absolute atomic E-state index is 4.48. The Labute approximate surface area is 124 Å². The van der Waals surface area contributed by atoms with E-state index in [4.69, 9.17) is 0 Å². The van der Waals surface area contributed by atoms with Crippen molar-refractivity contribution < 1.29 is 18.9 Å². The molecule has 94 valence electrons. The first kappa shape index (κ1) is 17.3. The Balaban J connectivity index is 0.00000289. The van der Waals surface area contributed by atoms with E-state index in [-0.39, 0.29) is 29.9 Å². The summed E-state index contributed by atoms with van der Waals surface area (Å²) in [4.78, 5) is 6.56. The monoisotopic (exact) mass is 238 g/mol. The molecule has 0 unspecified atom stereocenters. The Morgan fingerprint density at radius 3 is 1.83 bits per heavy atom. The summed E-state index contributed by atoms with van der Waals surface area (Å²) in [5.41, 5.74) is 0.988. The molecule has 1 aromatic carbocycles. The molecular weight excluding hydrogens is 215 g/mol. The molecule has 0 amide bonds. The van der Waals surface area contributed by atoms with Crippen LogP contribution in [0, 0.1) is 0 Å². The van der Waals surface area contributed by atoms with E-state index in [1.165, 1.54) is 0 Å². The summed E-state index contributed by atoms with van der Waals surface area (Å²) in [5.74, 6) is 0. The van der Waals surface area contributed by atoms with Crippen LogP contribution in [0.5, 0.6) is 0 Å². The van der Waals surface area contributed by atoms with Gasteiger partial charge in [-0.2, -0.15) is 0 Å². The van der Waals surface area contributed by atoms with Gasteiger partial charge in [0.05, 0.1) is 0 Å². The summed E-state index contributed by atoms with van der Waals surface area (Å²) in [6, 6.07) is 10.2. The number of benzene rings is 1. The van der Waals surface area contributed by atoms with Crippen molar-refractivity contribution in [3.8, 4) is 0 Å². The molecule has 0 aromatic heterocycles. The third-order valence-electron chi connectivity index (χ3n) is 2.17. The zero-order chi connectivity index (χ0) is 13.1. The van der Waals surface area contributed by atoms with Gasteiger partial charge < -0.3 is 9.89 Å². The second-order valence-electron chi connectivity index (χ2n) is 6.22. The molecule has 0 atom stereocenters. The molecule has 0 radical (unpaired) electrons. The van der Waals surface area contributed by atoms with E-state index in [1.54, 1.807) is 0 Å². The molecule has 0 N–H and O–H groups in total. The van der Waals surface area contributed by atoms with Gasteiger partial charge >= 0.3 is 18.9 Å². The first-order chi connectivity index (χ1) is 7.70. The van der Waals surface area contributed by atoms with Crippen LogP contribution < -0.4 is 23.8 Å². The van der Waals surface area contributed by atoms with Crippen molar-refractivity contribution in [1.29, 1.82) is 0 Å². The third-order valence-corrected chi connectivity index (χ3v) is 2.17. The Hall–Kier alpha value is -0.713. The SMILES string of the molecule is CC(C)(C)N=[C-]N(c1ccccc1)C(C)(C)C.[Li+]. The van der Waals surface area contributed by atoms with Gasteiger partial charge in [-0.3, -0.25) is 0 Å². The van der Waals surface area contributed by atoms with Gasteiger partial charge in [-0.15, -0.1) is 17.8 Å². The van der Waals surface area contributed by atoms with Crippen LogP contribution in [0.1, 0.15) is 41.5 Å². The van der Waals surface area contributed by atoms with E-state index < -0.39 is 0 Å². The summed E-state index contributed by atoms with van der Waals surface area (Å²) < 4.78 is 0. The average molecular weight is 238 g/mol. The number of aliphatic imine (C=N–C) groups is 1. The number of nitrogens with zero attached hydrogens (tertiary/aromatic N) is 2. The fraction of sp³-hybridized carbons (Fsp3) is 0.533. The smallest absolute Gasteiger partial charge is 0.491 e. The standard InChI is InChI=1S/C15H23N2.Li/c1-14(2,3)16-12-17(15(4,5)6)13-10-8-7-9-11-13;/h7-11H,1-6H3;/q-1;+1. The van der Waals surface area contributed by atoms with Crippen molar-refractivity contribution >= 4 is 12.0 Å². The summed E-state index contributed by atoms with van der Waals surface area (Å²) in [5, 5.41) is 0. The fourth-order valence-electron chi connectivity index (χ4n) is 1.37. The summed E-state index contributed by atoms with van der Waals surface area (Å²) in [6.07, 6.45) is 3.17. The summed E-state index contributed by atoms with van der Waals surface area (Å²) >= 11 is 0. The van der Waals surface area contributed by atoms with Crippen LogP contribution in [0.15, 0.2) is 35.3 Å². The minimum absolute atomic E-state index is 0. The van der Waals surface area contributed by atoms with Crippen LogP contribution in [0.3, 0.4) is 0 Å². The predicted octanol–water partition coefficient (Wildman–Crippen LogP) is 0.999. The molecule has 0 bridgehead atoms. The first-order valence-electron chi connectivity index (χ1n) is 6.03. The van der Waals surface area contributed by atoms with Gasteiger partial charge in [0, 0.05) is 11.1 Å². The fourth-order valence-corrected chi connectivity index (χ4v) is 1.37. The molecule has 0 aliphatic heterocycles. The van der Waals surface area contributed by atoms with Crippen LogP contribution in [0.4, 0.5) is 5.69 Å². The van der Waals surface area contributed by atoms with Gasteiger partial charge in [0.25, 0.3) is 0 Å². The topological polar surface area (TPSA) is 15.6 Å². The van der Waals surface area contributed by atoms with Crippen LogP contribution in [-0.2, 0) is 0 Å². The minimum atomic E-state index is -0.0989. The van der Waals surface area contributed by atoms with Gasteiger partial charge in [-0.1, -0.05) is 24.5 Å². The van der Waals surface area contributed by atoms with E-state index in [1.807, 2.05) is 18.2 Å². The van der Waals surface area contributed by atoms with Crippen molar-refractivity contribution in [2.75, 3.05) is 4.90 Å². The summed E-state index contributed by atoms with van der Waals surface area (Å²) in [7, 11) is 0. The second kappa shape index (κ2) is 6.45. The molecule has 0 aliphatic carbocycles. The van der Waals surface area contributed by atoms with Crippen LogP contribution in [-0.4, -0.2) is 17.4 Å². The molecule has 0 saturated heterocycles. The molecule has 18 heavy (non-hydrogen) atoms. The molecule has 0 saturated carbocycles. The normalized spacial score (nSPS) is 12.3. The van der Waals surface area contributed by atoms with Gasteiger partial charge in [0.1, 0.15) is 0 Å². The van der Waals surface area contributed by atoms with Crippen molar-refractivity contribution in [2.24, 2.45) is 4.99 Å². The number of anilines is 1.